The Kier molecular flexibility index (Phi) is 9.48. The molecule has 1 saturated heterocycles. The molecule has 0 saturated carbocycles. The topological polar surface area (TPSA) is 92.2 Å². The molecule has 4 heterocycles. The summed E-state index contributed by atoms with van der Waals surface area (Å²) in [6.45, 7) is 3.73. The maximum atomic E-state index is 13.7. The van der Waals surface area contributed by atoms with Gasteiger partial charge in [-0.05, 0) is 56.3 Å². The molecule has 2 aromatic heterocycles. The smallest absolute Gasteiger partial charge is 0.269 e. The molecular formula is C23H27Cl2FN6O2S. The lowest BCUT2D eigenvalue weighted by Crippen LogP contribution is -2.43. The van der Waals surface area contributed by atoms with Crippen molar-refractivity contribution in [1.29, 1.82) is 0 Å². The van der Waals surface area contributed by atoms with Crippen molar-refractivity contribution >= 4 is 59.3 Å². The summed E-state index contributed by atoms with van der Waals surface area (Å²) in [6, 6.07) is 8.74. The van der Waals surface area contributed by atoms with E-state index in [0.717, 1.165) is 43.1 Å². The van der Waals surface area contributed by atoms with E-state index in [9.17, 15) is 14.0 Å². The van der Waals surface area contributed by atoms with E-state index in [1.54, 1.807) is 10.6 Å². The number of fused-ring (bicyclic) bond motifs is 2. The SMILES string of the molecule is Cl.Cl.O=C1CSc2ccc(CNC3CCN(CCn4c(=O)cnc5ccc(F)cc54)CC3)nc2N1. The van der Waals surface area contributed by atoms with Crippen molar-refractivity contribution in [3.05, 3.63) is 58.4 Å². The number of nitrogens with one attached hydrogen (secondary N) is 2. The van der Waals surface area contributed by atoms with E-state index in [0.29, 0.717) is 41.7 Å². The highest BCUT2D eigenvalue weighted by Crippen LogP contribution is 2.29. The first-order valence-corrected chi connectivity index (χ1v) is 12.1. The van der Waals surface area contributed by atoms with Crippen LogP contribution in [0.4, 0.5) is 10.2 Å². The summed E-state index contributed by atoms with van der Waals surface area (Å²) in [5.41, 5.74) is 1.85. The molecular weight excluding hydrogens is 514 g/mol. The molecule has 0 spiro atoms. The zero-order valence-corrected chi connectivity index (χ0v) is 21.4. The third-order valence-electron chi connectivity index (χ3n) is 6.14. The number of benzene rings is 1. The number of thioether (sulfide) groups is 1. The van der Waals surface area contributed by atoms with Crippen molar-refractivity contribution in [3.63, 3.8) is 0 Å². The number of pyridine rings is 1. The molecule has 0 aliphatic carbocycles. The van der Waals surface area contributed by atoms with Gasteiger partial charge in [0.2, 0.25) is 5.91 Å². The highest BCUT2D eigenvalue weighted by Gasteiger charge is 2.20. The lowest BCUT2D eigenvalue weighted by molar-refractivity contribution is -0.113. The zero-order valence-electron chi connectivity index (χ0n) is 18.9. The number of hydrogen-bond acceptors (Lipinski definition) is 7. The van der Waals surface area contributed by atoms with Crippen LogP contribution < -0.4 is 16.2 Å². The number of aromatic nitrogens is 3. The van der Waals surface area contributed by atoms with Gasteiger partial charge in [0.15, 0.2) is 0 Å². The van der Waals surface area contributed by atoms with E-state index in [1.165, 1.54) is 30.1 Å². The minimum absolute atomic E-state index is 0. The lowest BCUT2D eigenvalue weighted by Gasteiger charge is -2.32. The van der Waals surface area contributed by atoms with Crippen molar-refractivity contribution in [2.75, 3.05) is 30.7 Å². The fourth-order valence-corrected chi connectivity index (χ4v) is 5.08. The largest absolute Gasteiger partial charge is 0.309 e. The van der Waals surface area contributed by atoms with Gasteiger partial charge in [-0.1, -0.05) is 0 Å². The molecule has 8 nitrogen and oxygen atoms in total. The van der Waals surface area contributed by atoms with E-state index in [-0.39, 0.29) is 42.1 Å². The summed E-state index contributed by atoms with van der Waals surface area (Å²) in [5.74, 6) is 0.715. The Morgan fingerprint density at radius 3 is 2.71 bits per heavy atom. The molecule has 1 fully saturated rings. The number of likely N-dealkylation sites (tertiary alicyclic amines) is 1. The quantitative estimate of drug-likeness (QED) is 0.496. The number of carbonyl (C=O) groups is 1. The first-order chi connectivity index (χ1) is 16.0. The highest BCUT2D eigenvalue weighted by atomic mass is 35.5. The third kappa shape index (κ3) is 6.50. The van der Waals surface area contributed by atoms with E-state index >= 15 is 0 Å². The Balaban J connectivity index is 0.00000171. The molecule has 3 aromatic rings. The second-order valence-corrected chi connectivity index (χ2v) is 9.38. The normalized spacial score (nSPS) is 16.2. The molecule has 0 bridgehead atoms. The van der Waals surface area contributed by atoms with Crippen LogP contribution in [-0.2, 0) is 17.9 Å². The second-order valence-electron chi connectivity index (χ2n) is 8.36. The van der Waals surface area contributed by atoms with Crippen molar-refractivity contribution in [2.45, 2.75) is 36.9 Å². The number of amides is 1. The summed E-state index contributed by atoms with van der Waals surface area (Å²) in [5, 5.41) is 6.41. The number of carbonyl (C=O) groups excluding carboxylic acids is 1. The summed E-state index contributed by atoms with van der Waals surface area (Å²) in [6.07, 6.45) is 3.30. The number of rotatable bonds is 6. The predicted octanol–water partition coefficient (Wildman–Crippen LogP) is 3.07. The number of hydrogen-bond donors (Lipinski definition) is 2. The minimum atomic E-state index is -0.370. The van der Waals surface area contributed by atoms with Crippen LogP contribution >= 0.6 is 36.6 Å². The van der Waals surface area contributed by atoms with Crippen LogP contribution in [0, 0.1) is 5.82 Å². The van der Waals surface area contributed by atoms with Crippen molar-refractivity contribution in [1.82, 2.24) is 24.8 Å². The molecule has 188 valence electrons. The molecule has 0 atom stereocenters. The van der Waals surface area contributed by atoms with Gasteiger partial charge in [-0.25, -0.2) is 14.4 Å². The predicted molar refractivity (Wildman–Crippen MR) is 140 cm³/mol. The fourth-order valence-electron chi connectivity index (χ4n) is 4.32. The molecule has 1 aromatic carbocycles. The van der Waals surface area contributed by atoms with Gasteiger partial charge in [0.1, 0.15) is 11.6 Å². The van der Waals surface area contributed by atoms with Crippen LogP contribution in [-0.4, -0.2) is 56.8 Å². The summed E-state index contributed by atoms with van der Waals surface area (Å²) < 4.78 is 15.3. The molecule has 35 heavy (non-hydrogen) atoms. The van der Waals surface area contributed by atoms with Crippen molar-refractivity contribution < 1.29 is 9.18 Å². The number of halogens is 3. The standard InChI is InChI=1S/C23H25FN6O2S.2ClH/c24-15-1-3-18-19(11-15)30(22(32)13-26-18)10-9-29-7-5-16(6-8-29)25-12-17-2-4-20-23(27-17)28-21(31)14-33-20;;/h1-4,11,13,16,25H,5-10,12,14H2,(H,27,28,31);2*1H. The highest BCUT2D eigenvalue weighted by molar-refractivity contribution is 8.00. The van der Waals surface area contributed by atoms with Crippen LogP contribution in [0.1, 0.15) is 18.5 Å². The first kappa shape index (κ1) is 27.3. The monoisotopic (exact) mass is 540 g/mol. The maximum Gasteiger partial charge on any atom is 0.269 e. The van der Waals surface area contributed by atoms with Gasteiger partial charge in [0.05, 0.1) is 33.6 Å². The first-order valence-electron chi connectivity index (χ1n) is 11.1. The van der Waals surface area contributed by atoms with Crippen LogP contribution in [0.2, 0.25) is 0 Å². The summed E-state index contributed by atoms with van der Waals surface area (Å²) in [7, 11) is 0. The Hall–Kier alpha value is -2.24. The van der Waals surface area contributed by atoms with Crippen LogP contribution in [0.5, 0.6) is 0 Å². The Morgan fingerprint density at radius 2 is 1.91 bits per heavy atom. The van der Waals surface area contributed by atoms with Gasteiger partial charge in [-0.2, -0.15) is 0 Å². The summed E-state index contributed by atoms with van der Waals surface area (Å²) >= 11 is 1.51. The Morgan fingerprint density at radius 1 is 1.11 bits per heavy atom. The molecule has 2 aliphatic rings. The molecule has 2 aliphatic heterocycles. The molecule has 2 N–H and O–H groups in total. The number of nitrogens with zero attached hydrogens (tertiary/aromatic N) is 4. The average Bonchev–Trinajstić information content (AvgIpc) is 2.82. The van der Waals surface area contributed by atoms with Crippen LogP contribution in [0.3, 0.4) is 0 Å². The molecule has 0 radical (unpaired) electrons. The fraction of sp³-hybridized carbons (Fsp3) is 0.391. The number of anilines is 1. The van der Waals surface area contributed by atoms with Gasteiger partial charge in [-0.3, -0.25) is 9.59 Å². The molecule has 0 unspecified atom stereocenters. The van der Waals surface area contributed by atoms with E-state index < -0.39 is 0 Å². The minimum Gasteiger partial charge on any atom is -0.309 e. The van der Waals surface area contributed by atoms with Crippen LogP contribution in [0.15, 0.2) is 46.2 Å². The molecule has 1 amide bonds. The Bertz CT molecular complexity index is 1250. The van der Waals surface area contributed by atoms with Crippen LogP contribution in [0.25, 0.3) is 11.0 Å². The number of piperidine rings is 1. The van der Waals surface area contributed by atoms with Crippen molar-refractivity contribution in [2.24, 2.45) is 0 Å². The van der Waals surface area contributed by atoms with Gasteiger partial charge < -0.3 is 20.1 Å². The third-order valence-corrected chi connectivity index (χ3v) is 7.19. The average molecular weight is 541 g/mol. The van der Waals surface area contributed by atoms with E-state index in [4.69, 9.17) is 0 Å². The maximum absolute atomic E-state index is 13.7. The zero-order chi connectivity index (χ0) is 22.8. The van der Waals surface area contributed by atoms with Gasteiger partial charge >= 0.3 is 0 Å². The molecule has 5 rings (SSSR count). The van der Waals surface area contributed by atoms with Gasteiger partial charge in [-0.15, -0.1) is 36.6 Å². The Labute approximate surface area is 218 Å². The van der Waals surface area contributed by atoms with Gasteiger partial charge in [0, 0.05) is 25.7 Å². The molecule has 12 heteroatoms. The van der Waals surface area contributed by atoms with Crippen molar-refractivity contribution in [3.8, 4) is 0 Å². The van der Waals surface area contributed by atoms with E-state index in [2.05, 4.69) is 25.5 Å². The van der Waals surface area contributed by atoms with E-state index in [1.807, 2.05) is 12.1 Å². The second kappa shape index (κ2) is 12.1. The van der Waals surface area contributed by atoms with Gasteiger partial charge in [0.25, 0.3) is 5.56 Å². The lowest BCUT2D eigenvalue weighted by atomic mass is 10.0. The summed E-state index contributed by atoms with van der Waals surface area (Å²) in [4.78, 5) is 35.9.